The fraction of sp³-hybridized carbons (Fsp3) is 0.480. The van der Waals surface area contributed by atoms with Crippen molar-refractivity contribution < 1.29 is 32.6 Å². The van der Waals surface area contributed by atoms with Gasteiger partial charge in [-0.3, -0.25) is 4.79 Å². The lowest BCUT2D eigenvalue weighted by molar-refractivity contribution is -0.258. The quantitative estimate of drug-likeness (QED) is 0.609. The van der Waals surface area contributed by atoms with E-state index in [-0.39, 0.29) is 29.1 Å². The molecule has 2 aromatic carbocycles. The Morgan fingerprint density at radius 2 is 1.58 bits per heavy atom. The van der Waals surface area contributed by atoms with E-state index < -0.39 is 23.2 Å². The molecule has 8 heteroatoms. The molecule has 4 nitrogen and oxygen atoms in total. The van der Waals surface area contributed by atoms with Crippen molar-refractivity contribution in [1.82, 2.24) is 4.90 Å². The zero-order chi connectivity index (χ0) is 24.0. The Bertz CT molecular complexity index is 1010. The van der Waals surface area contributed by atoms with Gasteiger partial charge >= 0.3 is 6.18 Å². The van der Waals surface area contributed by atoms with Gasteiger partial charge in [0.1, 0.15) is 5.82 Å². The molecule has 1 atom stereocenters. The van der Waals surface area contributed by atoms with Gasteiger partial charge in [-0.25, -0.2) is 4.39 Å². The first kappa shape index (κ1) is 23.7. The summed E-state index contributed by atoms with van der Waals surface area (Å²) in [7, 11) is 0. The molecular weight excluding hydrogens is 438 g/mol. The van der Waals surface area contributed by atoms with Crippen LogP contribution in [0.1, 0.15) is 66.9 Å². The third-order valence-electron chi connectivity index (χ3n) is 6.96. The Morgan fingerprint density at radius 3 is 2.09 bits per heavy atom. The van der Waals surface area contributed by atoms with Crippen LogP contribution in [0.2, 0.25) is 0 Å². The molecule has 33 heavy (non-hydrogen) atoms. The summed E-state index contributed by atoms with van der Waals surface area (Å²) in [6.45, 7) is 0.683. The van der Waals surface area contributed by atoms with Crippen LogP contribution in [0.5, 0.6) is 0 Å². The Labute approximate surface area is 189 Å². The van der Waals surface area contributed by atoms with E-state index in [1.807, 2.05) is 0 Å². The lowest BCUT2D eigenvalue weighted by atomic mass is 9.77. The summed E-state index contributed by atoms with van der Waals surface area (Å²) in [5, 5.41) is 20.9. The molecule has 2 aliphatic carbocycles. The first-order valence-electron chi connectivity index (χ1n) is 11.1. The second kappa shape index (κ2) is 8.40. The van der Waals surface area contributed by atoms with Crippen LogP contribution in [-0.2, 0) is 11.2 Å². The van der Waals surface area contributed by atoms with E-state index in [4.69, 9.17) is 0 Å². The number of nitrogens with zero attached hydrogens (tertiary/aromatic N) is 1. The molecule has 2 aromatic rings. The molecule has 0 aliphatic heterocycles. The Balaban J connectivity index is 1.49. The summed E-state index contributed by atoms with van der Waals surface area (Å²) in [5.41, 5.74) is -3.70. The molecule has 0 saturated heterocycles. The number of rotatable bonds is 5. The molecule has 2 fully saturated rings. The maximum atomic E-state index is 13.6. The largest absolute Gasteiger partial charge is 0.421 e. The molecular formula is C25H27F4NO3. The van der Waals surface area contributed by atoms with E-state index in [1.165, 1.54) is 24.3 Å². The Kier molecular flexibility index (Phi) is 6.03. The molecule has 0 spiro atoms. The van der Waals surface area contributed by atoms with Gasteiger partial charge in [-0.2, -0.15) is 13.2 Å². The van der Waals surface area contributed by atoms with Crippen molar-refractivity contribution in [1.29, 1.82) is 0 Å². The molecule has 0 radical (unpaired) electrons. The maximum Gasteiger partial charge on any atom is 0.421 e. The number of hydrogen-bond acceptors (Lipinski definition) is 3. The number of carbonyl (C=O) groups is 1. The number of hydrogen-bond donors (Lipinski definition) is 2. The Morgan fingerprint density at radius 1 is 1.00 bits per heavy atom. The summed E-state index contributed by atoms with van der Waals surface area (Å²) < 4.78 is 52.9. The molecule has 0 aromatic heterocycles. The van der Waals surface area contributed by atoms with Crippen LogP contribution in [0.4, 0.5) is 17.6 Å². The standard InChI is InChI=1S/C25H27F4NO3/c1-23(32,25(27,28)29)17-7-5-16(6-8-17)22(31)30(20-9-10-20)21-11-13-24(33,14-12-21)18-3-2-4-19(26)15-18/h2-8,15,20-21,32-33H,9-14H2,1H3/t21-,23-,24-/m0/s1. The molecule has 2 saturated carbocycles. The maximum absolute atomic E-state index is 13.6. The summed E-state index contributed by atoms with van der Waals surface area (Å²) in [4.78, 5) is 15.1. The van der Waals surface area contributed by atoms with Gasteiger partial charge in [-0.1, -0.05) is 24.3 Å². The van der Waals surface area contributed by atoms with Crippen molar-refractivity contribution in [3.05, 3.63) is 71.0 Å². The van der Waals surface area contributed by atoms with Crippen molar-refractivity contribution in [2.75, 3.05) is 0 Å². The van der Waals surface area contributed by atoms with Crippen LogP contribution < -0.4 is 0 Å². The van der Waals surface area contributed by atoms with E-state index in [2.05, 4.69) is 0 Å². The average Bonchev–Trinajstić information content (AvgIpc) is 3.60. The smallest absolute Gasteiger partial charge is 0.385 e. The van der Waals surface area contributed by atoms with Crippen LogP contribution in [0.15, 0.2) is 48.5 Å². The zero-order valence-electron chi connectivity index (χ0n) is 18.3. The van der Waals surface area contributed by atoms with Crippen molar-refractivity contribution in [2.24, 2.45) is 0 Å². The first-order chi connectivity index (χ1) is 15.4. The summed E-state index contributed by atoms with van der Waals surface area (Å²) in [5.74, 6) is -0.678. The molecule has 178 valence electrons. The van der Waals surface area contributed by atoms with Gasteiger partial charge < -0.3 is 15.1 Å². The number of carbonyl (C=O) groups excluding carboxylic acids is 1. The van der Waals surface area contributed by atoms with Crippen LogP contribution in [0.25, 0.3) is 0 Å². The monoisotopic (exact) mass is 465 g/mol. The highest BCUT2D eigenvalue weighted by atomic mass is 19.4. The van der Waals surface area contributed by atoms with Gasteiger partial charge in [0.05, 0.1) is 5.60 Å². The lowest BCUT2D eigenvalue weighted by Gasteiger charge is -2.41. The van der Waals surface area contributed by atoms with Gasteiger partial charge in [-0.05, 0) is 80.8 Å². The SMILES string of the molecule is C[C@](O)(c1ccc(C(=O)N(C2CC2)[C@H]2CC[C@@](O)(c3cccc(F)c3)CC2)cc1)C(F)(F)F. The zero-order valence-corrected chi connectivity index (χ0v) is 18.3. The topological polar surface area (TPSA) is 60.8 Å². The van der Waals surface area contributed by atoms with Crippen molar-refractivity contribution >= 4 is 5.91 Å². The van der Waals surface area contributed by atoms with Gasteiger partial charge in [0.2, 0.25) is 0 Å². The minimum absolute atomic E-state index is 0.0702. The average molecular weight is 465 g/mol. The molecule has 2 aliphatic rings. The number of aliphatic hydroxyl groups is 2. The fourth-order valence-corrected chi connectivity index (χ4v) is 4.66. The van der Waals surface area contributed by atoms with Gasteiger partial charge in [-0.15, -0.1) is 0 Å². The van der Waals surface area contributed by atoms with Crippen LogP contribution >= 0.6 is 0 Å². The molecule has 4 rings (SSSR count). The molecule has 0 heterocycles. The number of halogens is 4. The van der Waals surface area contributed by atoms with Crippen molar-refractivity contribution in [2.45, 2.75) is 74.9 Å². The summed E-state index contributed by atoms with van der Waals surface area (Å²) >= 11 is 0. The highest BCUT2D eigenvalue weighted by molar-refractivity contribution is 5.95. The highest BCUT2D eigenvalue weighted by Gasteiger charge is 2.51. The predicted molar refractivity (Wildman–Crippen MR) is 114 cm³/mol. The number of benzene rings is 2. The minimum atomic E-state index is -4.83. The highest BCUT2D eigenvalue weighted by Crippen LogP contribution is 2.42. The third kappa shape index (κ3) is 4.64. The van der Waals surface area contributed by atoms with Crippen LogP contribution in [0.3, 0.4) is 0 Å². The van der Waals surface area contributed by atoms with E-state index in [9.17, 15) is 32.6 Å². The molecule has 0 unspecified atom stereocenters. The summed E-state index contributed by atoms with van der Waals surface area (Å²) in [6, 6.07) is 10.8. The van der Waals surface area contributed by atoms with E-state index in [1.54, 1.807) is 17.0 Å². The fourth-order valence-electron chi connectivity index (χ4n) is 4.66. The third-order valence-corrected chi connectivity index (χ3v) is 6.96. The van der Waals surface area contributed by atoms with Crippen LogP contribution in [-0.4, -0.2) is 39.3 Å². The Hall–Kier alpha value is -2.45. The van der Waals surface area contributed by atoms with Gasteiger partial charge in [0.25, 0.3) is 5.91 Å². The van der Waals surface area contributed by atoms with Crippen molar-refractivity contribution in [3.8, 4) is 0 Å². The first-order valence-corrected chi connectivity index (χ1v) is 11.1. The normalized spacial score (nSPS) is 25.4. The van der Waals surface area contributed by atoms with Crippen molar-refractivity contribution in [3.63, 3.8) is 0 Å². The second-order valence-corrected chi connectivity index (χ2v) is 9.36. The van der Waals surface area contributed by atoms with E-state index in [0.717, 1.165) is 25.0 Å². The molecule has 2 N–H and O–H groups in total. The molecule has 0 bridgehead atoms. The number of alkyl halides is 3. The van der Waals surface area contributed by atoms with Gasteiger partial charge in [0, 0.05) is 17.6 Å². The van der Waals surface area contributed by atoms with E-state index in [0.29, 0.717) is 38.2 Å². The van der Waals surface area contributed by atoms with Gasteiger partial charge in [0.15, 0.2) is 5.60 Å². The minimum Gasteiger partial charge on any atom is -0.385 e. The predicted octanol–water partition coefficient (Wildman–Crippen LogP) is 5.03. The summed E-state index contributed by atoms with van der Waals surface area (Å²) in [6.07, 6.45) is -1.28. The number of amides is 1. The second-order valence-electron chi connectivity index (χ2n) is 9.36. The van der Waals surface area contributed by atoms with Crippen LogP contribution in [0, 0.1) is 5.82 Å². The lowest BCUT2D eigenvalue weighted by Crippen LogP contribution is -2.46. The van der Waals surface area contributed by atoms with E-state index >= 15 is 0 Å². The molecule has 1 amide bonds.